The Balaban J connectivity index is 1.66. The van der Waals surface area contributed by atoms with Gasteiger partial charge in [0.1, 0.15) is 17.1 Å². The molecule has 0 bridgehead atoms. The number of thiazole rings is 1. The number of carboxylic acid groups (broad SMARTS) is 1. The van der Waals surface area contributed by atoms with E-state index in [9.17, 15) is 14.3 Å². The van der Waals surface area contributed by atoms with Crippen molar-refractivity contribution in [1.29, 1.82) is 0 Å². The third-order valence-corrected chi connectivity index (χ3v) is 6.03. The number of phenols is 1. The molecule has 0 aliphatic rings. The number of hydrogen-bond acceptors (Lipinski definition) is 4. The van der Waals surface area contributed by atoms with Gasteiger partial charge in [0.2, 0.25) is 0 Å². The van der Waals surface area contributed by atoms with Crippen molar-refractivity contribution in [3.63, 3.8) is 0 Å². The molecular formula is C24H18FNO3S. The Bertz CT molecular complexity index is 1250. The van der Waals surface area contributed by atoms with Gasteiger partial charge in [0.25, 0.3) is 0 Å². The summed E-state index contributed by atoms with van der Waals surface area (Å²) in [6.45, 7) is 1.93. The van der Waals surface area contributed by atoms with Crippen molar-refractivity contribution >= 4 is 17.3 Å². The van der Waals surface area contributed by atoms with E-state index in [1.54, 1.807) is 18.2 Å². The monoisotopic (exact) mass is 419 g/mol. The van der Waals surface area contributed by atoms with E-state index >= 15 is 0 Å². The van der Waals surface area contributed by atoms with Gasteiger partial charge in [0.15, 0.2) is 0 Å². The molecular weight excluding hydrogens is 401 g/mol. The molecule has 4 nitrogen and oxygen atoms in total. The number of carboxylic acids is 1. The first kappa shape index (κ1) is 19.8. The number of rotatable bonds is 5. The first-order valence-corrected chi connectivity index (χ1v) is 10.1. The first-order valence-electron chi connectivity index (χ1n) is 9.29. The van der Waals surface area contributed by atoms with Crippen molar-refractivity contribution in [3.05, 3.63) is 94.4 Å². The highest BCUT2D eigenvalue weighted by atomic mass is 32.1. The summed E-state index contributed by atoms with van der Waals surface area (Å²) in [5.41, 5.74) is 3.87. The lowest BCUT2D eigenvalue weighted by molar-refractivity contribution is 0.0694. The Hall–Kier alpha value is -3.51. The SMILES string of the molecule is Cc1nc(Cc2ccccc2F)sc1-c1cccc(-c2ccc(C(=O)O)c(O)c2)c1. The summed E-state index contributed by atoms with van der Waals surface area (Å²) in [6, 6.07) is 19.0. The van der Waals surface area contributed by atoms with Crippen molar-refractivity contribution in [2.45, 2.75) is 13.3 Å². The molecule has 0 saturated carbocycles. The quantitative estimate of drug-likeness (QED) is 0.421. The van der Waals surface area contributed by atoms with Gasteiger partial charge in [-0.25, -0.2) is 14.2 Å². The lowest BCUT2D eigenvalue weighted by Gasteiger charge is -2.07. The number of aromatic hydroxyl groups is 1. The van der Waals surface area contributed by atoms with Crippen LogP contribution in [0.1, 0.15) is 26.6 Å². The number of nitrogens with zero attached hydrogens (tertiary/aromatic N) is 1. The van der Waals surface area contributed by atoms with Crippen LogP contribution >= 0.6 is 11.3 Å². The molecule has 6 heteroatoms. The van der Waals surface area contributed by atoms with Crippen LogP contribution in [0.5, 0.6) is 5.75 Å². The minimum atomic E-state index is -1.17. The molecule has 2 N–H and O–H groups in total. The van der Waals surface area contributed by atoms with Crippen molar-refractivity contribution < 1.29 is 19.4 Å². The Morgan fingerprint density at radius 2 is 1.73 bits per heavy atom. The maximum Gasteiger partial charge on any atom is 0.339 e. The highest BCUT2D eigenvalue weighted by Gasteiger charge is 2.14. The predicted octanol–water partition coefficient (Wildman–Crippen LogP) is 5.92. The van der Waals surface area contributed by atoms with Crippen LogP contribution in [0.2, 0.25) is 0 Å². The van der Waals surface area contributed by atoms with Crippen LogP contribution < -0.4 is 0 Å². The number of aryl methyl sites for hydroxylation is 1. The summed E-state index contributed by atoms with van der Waals surface area (Å²) in [4.78, 5) is 16.7. The Morgan fingerprint density at radius 3 is 2.47 bits per heavy atom. The molecule has 0 radical (unpaired) electrons. The molecule has 0 spiro atoms. The number of aromatic carboxylic acids is 1. The fourth-order valence-corrected chi connectivity index (χ4v) is 4.42. The number of hydrogen-bond donors (Lipinski definition) is 2. The van der Waals surface area contributed by atoms with Gasteiger partial charge in [0.05, 0.1) is 15.6 Å². The van der Waals surface area contributed by atoms with E-state index in [2.05, 4.69) is 4.98 Å². The van der Waals surface area contributed by atoms with E-state index in [1.165, 1.54) is 29.5 Å². The topological polar surface area (TPSA) is 70.4 Å². The van der Waals surface area contributed by atoms with Gasteiger partial charge < -0.3 is 10.2 Å². The maximum absolute atomic E-state index is 14.0. The highest BCUT2D eigenvalue weighted by Crippen LogP contribution is 2.34. The van der Waals surface area contributed by atoms with Crippen molar-refractivity contribution in [3.8, 4) is 27.3 Å². The highest BCUT2D eigenvalue weighted by molar-refractivity contribution is 7.15. The van der Waals surface area contributed by atoms with E-state index in [0.717, 1.165) is 26.7 Å². The lowest BCUT2D eigenvalue weighted by Crippen LogP contribution is -1.96. The molecule has 4 aromatic rings. The largest absolute Gasteiger partial charge is 0.507 e. The number of carbonyl (C=O) groups is 1. The maximum atomic E-state index is 14.0. The van der Waals surface area contributed by atoms with E-state index in [-0.39, 0.29) is 17.1 Å². The van der Waals surface area contributed by atoms with Crippen molar-refractivity contribution in [1.82, 2.24) is 4.98 Å². The van der Waals surface area contributed by atoms with Crippen LogP contribution in [0.25, 0.3) is 21.6 Å². The van der Waals surface area contributed by atoms with Gasteiger partial charge in [0, 0.05) is 6.42 Å². The Morgan fingerprint density at radius 1 is 1.00 bits per heavy atom. The molecule has 3 aromatic carbocycles. The van der Waals surface area contributed by atoms with Crippen LogP contribution in [0.4, 0.5) is 4.39 Å². The smallest absolute Gasteiger partial charge is 0.339 e. The van der Waals surface area contributed by atoms with Gasteiger partial charge >= 0.3 is 5.97 Å². The third kappa shape index (κ3) is 3.95. The molecule has 0 fully saturated rings. The van der Waals surface area contributed by atoms with Gasteiger partial charge in [-0.05, 0) is 53.4 Å². The van der Waals surface area contributed by atoms with Crippen LogP contribution in [-0.2, 0) is 6.42 Å². The Kier molecular flexibility index (Phi) is 5.33. The second-order valence-corrected chi connectivity index (χ2v) is 7.99. The Labute approximate surface area is 176 Å². The summed E-state index contributed by atoms with van der Waals surface area (Å²) in [6.07, 6.45) is 0.433. The van der Waals surface area contributed by atoms with Gasteiger partial charge in [-0.1, -0.05) is 42.5 Å². The van der Waals surface area contributed by atoms with Crippen LogP contribution in [0, 0.1) is 12.7 Å². The molecule has 0 saturated heterocycles. The molecule has 30 heavy (non-hydrogen) atoms. The zero-order chi connectivity index (χ0) is 21.3. The fourth-order valence-electron chi connectivity index (χ4n) is 3.33. The molecule has 0 atom stereocenters. The van der Waals surface area contributed by atoms with Gasteiger partial charge in [-0.3, -0.25) is 0 Å². The molecule has 1 aromatic heterocycles. The summed E-state index contributed by atoms with van der Waals surface area (Å²) in [5.74, 6) is -1.68. The van der Waals surface area contributed by atoms with E-state index in [0.29, 0.717) is 17.5 Å². The molecule has 0 aliphatic carbocycles. The van der Waals surface area contributed by atoms with Gasteiger partial charge in [-0.15, -0.1) is 11.3 Å². The number of aromatic nitrogens is 1. The first-order chi connectivity index (χ1) is 14.4. The summed E-state index contributed by atoms with van der Waals surface area (Å²) < 4.78 is 14.0. The zero-order valence-corrected chi connectivity index (χ0v) is 16.9. The van der Waals surface area contributed by atoms with E-state index in [4.69, 9.17) is 5.11 Å². The molecule has 150 valence electrons. The van der Waals surface area contributed by atoms with Crippen LogP contribution in [-0.4, -0.2) is 21.2 Å². The van der Waals surface area contributed by atoms with E-state index in [1.807, 2.05) is 37.3 Å². The standard InChI is InChI=1S/C24H18FNO3S/c1-14-23(30-22(26-14)13-17-5-2-3-8-20(17)25)18-7-4-6-15(11-18)16-9-10-19(24(28)29)21(27)12-16/h2-12,27H,13H2,1H3,(H,28,29). The molecule has 0 amide bonds. The fraction of sp³-hybridized carbons (Fsp3) is 0.0833. The molecule has 1 heterocycles. The summed E-state index contributed by atoms with van der Waals surface area (Å²) in [7, 11) is 0. The third-order valence-electron chi connectivity index (χ3n) is 4.83. The molecule has 0 aliphatic heterocycles. The minimum absolute atomic E-state index is 0.133. The van der Waals surface area contributed by atoms with Crippen LogP contribution in [0.15, 0.2) is 66.7 Å². The van der Waals surface area contributed by atoms with Crippen molar-refractivity contribution in [2.24, 2.45) is 0 Å². The lowest BCUT2D eigenvalue weighted by atomic mass is 10.0. The minimum Gasteiger partial charge on any atom is -0.507 e. The average molecular weight is 419 g/mol. The van der Waals surface area contributed by atoms with Crippen LogP contribution in [0.3, 0.4) is 0 Å². The molecule has 4 rings (SSSR count). The normalized spacial score (nSPS) is 10.9. The summed E-state index contributed by atoms with van der Waals surface area (Å²) in [5, 5.41) is 19.9. The predicted molar refractivity (Wildman–Crippen MR) is 116 cm³/mol. The van der Waals surface area contributed by atoms with Crippen molar-refractivity contribution in [2.75, 3.05) is 0 Å². The number of benzene rings is 3. The van der Waals surface area contributed by atoms with E-state index < -0.39 is 5.97 Å². The zero-order valence-electron chi connectivity index (χ0n) is 16.1. The number of halogens is 1. The van der Waals surface area contributed by atoms with Gasteiger partial charge in [-0.2, -0.15) is 0 Å². The second kappa shape index (κ2) is 8.08. The average Bonchev–Trinajstić information content (AvgIpc) is 3.09. The second-order valence-electron chi connectivity index (χ2n) is 6.91. The molecule has 0 unspecified atom stereocenters. The summed E-state index contributed by atoms with van der Waals surface area (Å²) >= 11 is 1.52.